The zero-order valence-corrected chi connectivity index (χ0v) is 12.8. The first kappa shape index (κ1) is 15.0. The number of hydrogen-bond acceptors (Lipinski definition) is 4. The number of carbonyl (C=O) groups is 2. The van der Waals surface area contributed by atoms with E-state index >= 15 is 0 Å². The van der Waals surface area contributed by atoms with Gasteiger partial charge in [-0.05, 0) is 42.3 Å². The maximum absolute atomic E-state index is 12.5. The van der Waals surface area contributed by atoms with Gasteiger partial charge >= 0.3 is 0 Å². The molecule has 118 valence electrons. The standard InChI is InChI=1S/C17H17N3O3/c1-20(9-6-12-4-7-18-8-5-12)17(22)13-2-3-15-14(10-13)19-16(21)11-23-15/h2-5,7-8,10H,6,9,11H2,1H3,(H,19,21). The molecule has 1 aromatic carbocycles. The Labute approximate surface area is 134 Å². The predicted molar refractivity (Wildman–Crippen MR) is 85.5 cm³/mol. The number of ether oxygens (including phenoxy) is 1. The predicted octanol–water partition coefficient (Wildman–Crippen LogP) is 1.73. The van der Waals surface area contributed by atoms with Gasteiger partial charge in [0, 0.05) is 31.5 Å². The van der Waals surface area contributed by atoms with Crippen LogP contribution >= 0.6 is 0 Å². The van der Waals surface area contributed by atoms with Gasteiger partial charge in [-0.15, -0.1) is 0 Å². The molecule has 0 radical (unpaired) electrons. The van der Waals surface area contributed by atoms with Gasteiger partial charge in [0.2, 0.25) is 0 Å². The fourth-order valence-electron chi connectivity index (χ4n) is 2.38. The van der Waals surface area contributed by atoms with Gasteiger partial charge in [0.1, 0.15) is 5.75 Å². The SMILES string of the molecule is CN(CCc1ccncc1)C(=O)c1ccc2c(c1)NC(=O)CO2. The Hall–Kier alpha value is -2.89. The van der Waals surface area contributed by atoms with Gasteiger partial charge in [-0.25, -0.2) is 0 Å². The number of aromatic nitrogens is 1. The van der Waals surface area contributed by atoms with Crippen molar-refractivity contribution in [3.8, 4) is 5.75 Å². The molecule has 2 amide bonds. The van der Waals surface area contributed by atoms with Gasteiger partial charge in [-0.3, -0.25) is 14.6 Å². The van der Waals surface area contributed by atoms with Crippen molar-refractivity contribution in [2.24, 2.45) is 0 Å². The highest BCUT2D eigenvalue weighted by Crippen LogP contribution is 2.28. The first-order chi connectivity index (χ1) is 11.1. The second-order valence-corrected chi connectivity index (χ2v) is 5.38. The van der Waals surface area contributed by atoms with E-state index in [1.54, 1.807) is 42.5 Å². The zero-order chi connectivity index (χ0) is 16.2. The molecule has 2 heterocycles. The Bertz CT molecular complexity index is 731. The summed E-state index contributed by atoms with van der Waals surface area (Å²) in [5.74, 6) is 0.274. The second kappa shape index (κ2) is 6.48. The minimum atomic E-state index is -0.215. The highest BCUT2D eigenvalue weighted by molar-refractivity contribution is 5.99. The summed E-state index contributed by atoms with van der Waals surface area (Å²) in [6, 6.07) is 8.94. The van der Waals surface area contributed by atoms with Crippen molar-refractivity contribution in [1.29, 1.82) is 0 Å². The summed E-state index contributed by atoms with van der Waals surface area (Å²) in [5, 5.41) is 2.71. The quantitative estimate of drug-likeness (QED) is 0.933. The number of hydrogen-bond donors (Lipinski definition) is 1. The lowest BCUT2D eigenvalue weighted by atomic mass is 10.1. The van der Waals surface area contributed by atoms with E-state index in [2.05, 4.69) is 10.3 Å². The van der Waals surface area contributed by atoms with E-state index < -0.39 is 0 Å². The number of benzene rings is 1. The van der Waals surface area contributed by atoms with Crippen LogP contribution in [0.1, 0.15) is 15.9 Å². The number of fused-ring (bicyclic) bond motifs is 1. The van der Waals surface area contributed by atoms with E-state index in [9.17, 15) is 9.59 Å². The fourth-order valence-corrected chi connectivity index (χ4v) is 2.38. The minimum Gasteiger partial charge on any atom is -0.482 e. The Morgan fingerprint density at radius 1 is 1.30 bits per heavy atom. The van der Waals surface area contributed by atoms with E-state index in [0.29, 0.717) is 23.5 Å². The van der Waals surface area contributed by atoms with Gasteiger partial charge in [0.25, 0.3) is 11.8 Å². The van der Waals surface area contributed by atoms with Crippen LogP contribution in [0.15, 0.2) is 42.7 Å². The van der Waals surface area contributed by atoms with Gasteiger partial charge in [0.15, 0.2) is 6.61 Å². The summed E-state index contributed by atoms with van der Waals surface area (Å²) in [7, 11) is 1.76. The molecule has 1 N–H and O–H groups in total. The molecular weight excluding hydrogens is 294 g/mol. The summed E-state index contributed by atoms with van der Waals surface area (Å²) >= 11 is 0. The molecular formula is C17H17N3O3. The van der Waals surface area contributed by atoms with E-state index in [4.69, 9.17) is 4.74 Å². The van der Waals surface area contributed by atoms with Crippen LogP contribution in [0.3, 0.4) is 0 Å². The second-order valence-electron chi connectivity index (χ2n) is 5.38. The van der Waals surface area contributed by atoms with E-state index in [-0.39, 0.29) is 18.4 Å². The number of rotatable bonds is 4. The van der Waals surface area contributed by atoms with Crippen LogP contribution in [0, 0.1) is 0 Å². The molecule has 1 aliphatic rings. The largest absolute Gasteiger partial charge is 0.482 e. The van der Waals surface area contributed by atoms with Crippen LogP contribution < -0.4 is 10.1 Å². The van der Waals surface area contributed by atoms with Crippen molar-refractivity contribution < 1.29 is 14.3 Å². The average Bonchev–Trinajstić information content (AvgIpc) is 2.59. The molecule has 0 saturated heterocycles. The van der Waals surface area contributed by atoms with Crippen molar-refractivity contribution in [3.05, 3.63) is 53.9 Å². The molecule has 0 aliphatic carbocycles. The maximum atomic E-state index is 12.5. The van der Waals surface area contributed by atoms with E-state index in [1.807, 2.05) is 12.1 Å². The minimum absolute atomic E-state index is 0.00608. The molecule has 3 rings (SSSR count). The monoisotopic (exact) mass is 311 g/mol. The Balaban J connectivity index is 1.67. The van der Waals surface area contributed by atoms with Crippen LogP contribution in [0.25, 0.3) is 0 Å². The third kappa shape index (κ3) is 3.48. The molecule has 0 bridgehead atoms. The summed E-state index contributed by atoms with van der Waals surface area (Å²) in [4.78, 5) is 29.5. The molecule has 0 atom stereocenters. The van der Waals surface area contributed by atoms with Gasteiger partial charge in [-0.2, -0.15) is 0 Å². The molecule has 1 aliphatic heterocycles. The molecule has 0 unspecified atom stereocenters. The lowest BCUT2D eigenvalue weighted by molar-refractivity contribution is -0.118. The number of amides is 2. The van der Waals surface area contributed by atoms with Gasteiger partial charge < -0.3 is 15.0 Å². The number of nitrogens with one attached hydrogen (secondary N) is 1. The van der Waals surface area contributed by atoms with Crippen molar-refractivity contribution in [2.75, 3.05) is 25.5 Å². The van der Waals surface area contributed by atoms with Crippen LogP contribution in [0.4, 0.5) is 5.69 Å². The van der Waals surface area contributed by atoms with Gasteiger partial charge in [-0.1, -0.05) is 0 Å². The third-order valence-corrected chi connectivity index (χ3v) is 3.69. The lowest BCUT2D eigenvalue weighted by Gasteiger charge is -2.21. The number of nitrogens with zero attached hydrogens (tertiary/aromatic N) is 2. The Kier molecular flexibility index (Phi) is 4.23. The fraction of sp³-hybridized carbons (Fsp3) is 0.235. The molecule has 6 heteroatoms. The molecule has 1 aromatic heterocycles. The zero-order valence-electron chi connectivity index (χ0n) is 12.8. The number of pyridine rings is 1. The molecule has 0 saturated carbocycles. The van der Waals surface area contributed by atoms with Crippen molar-refractivity contribution in [1.82, 2.24) is 9.88 Å². The van der Waals surface area contributed by atoms with Crippen LogP contribution in [-0.2, 0) is 11.2 Å². The van der Waals surface area contributed by atoms with E-state index in [1.165, 1.54) is 0 Å². The highest BCUT2D eigenvalue weighted by Gasteiger charge is 2.19. The number of anilines is 1. The van der Waals surface area contributed by atoms with Crippen LogP contribution in [0.2, 0.25) is 0 Å². The summed E-state index contributed by atoms with van der Waals surface area (Å²) in [6.07, 6.45) is 4.24. The number of carbonyl (C=O) groups excluding carboxylic acids is 2. The molecule has 6 nitrogen and oxygen atoms in total. The van der Waals surface area contributed by atoms with Gasteiger partial charge in [0.05, 0.1) is 5.69 Å². The van der Waals surface area contributed by atoms with Crippen LogP contribution in [-0.4, -0.2) is 41.9 Å². The van der Waals surface area contributed by atoms with Crippen molar-refractivity contribution in [2.45, 2.75) is 6.42 Å². The van der Waals surface area contributed by atoms with Crippen LogP contribution in [0.5, 0.6) is 5.75 Å². The summed E-state index contributed by atoms with van der Waals surface area (Å²) in [6.45, 7) is 0.606. The first-order valence-electron chi connectivity index (χ1n) is 7.34. The van der Waals surface area contributed by atoms with E-state index in [0.717, 1.165) is 12.0 Å². The Morgan fingerprint density at radius 3 is 2.87 bits per heavy atom. The molecule has 2 aromatic rings. The summed E-state index contributed by atoms with van der Waals surface area (Å²) in [5.41, 5.74) is 2.19. The maximum Gasteiger partial charge on any atom is 0.262 e. The normalized spacial score (nSPS) is 12.8. The third-order valence-electron chi connectivity index (χ3n) is 3.69. The Morgan fingerprint density at radius 2 is 2.09 bits per heavy atom. The molecule has 23 heavy (non-hydrogen) atoms. The van der Waals surface area contributed by atoms with Crippen molar-refractivity contribution in [3.63, 3.8) is 0 Å². The molecule has 0 fully saturated rings. The lowest BCUT2D eigenvalue weighted by Crippen LogP contribution is -2.29. The smallest absolute Gasteiger partial charge is 0.262 e. The number of likely N-dealkylation sites (N-methyl/N-ethyl adjacent to an activating group) is 1. The highest BCUT2D eigenvalue weighted by atomic mass is 16.5. The molecule has 0 spiro atoms. The average molecular weight is 311 g/mol. The first-order valence-corrected chi connectivity index (χ1v) is 7.34. The van der Waals surface area contributed by atoms with Crippen molar-refractivity contribution >= 4 is 17.5 Å². The summed E-state index contributed by atoms with van der Waals surface area (Å²) < 4.78 is 5.29. The topological polar surface area (TPSA) is 71.5 Å².